The Hall–Kier alpha value is -1.16. The molecule has 0 saturated heterocycles. The van der Waals surface area contributed by atoms with Crippen LogP contribution in [0.15, 0.2) is 29.2 Å². The Bertz CT molecular complexity index is 512. The third kappa shape index (κ3) is 3.42. The normalized spacial score (nSPS) is 13.6. The van der Waals surface area contributed by atoms with Crippen LogP contribution in [0.2, 0.25) is 0 Å². The summed E-state index contributed by atoms with van der Waals surface area (Å²) < 4.78 is 24.9. The van der Waals surface area contributed by atoms with E-state index >= 15 is 0 Å². The molecule has 1 atom stereocenters. The van der Waals surface area contributed by atoms with Crippen LogP contribution >= 0.6 is 0 Å². The molecule has 0 aromatic heterocycles. The summed E-state index contributed by atoms with van der Waals surface area (Å²) in [5, 5.41) is -0.641. The van der Waals surface area contributed by atoms with Gasteiger partial charge in [0.25, 0.3) is 0 Å². The molecule has 1 aromatic carbocycles. The van der Waals surface area contributed by atoms with Gasteiger partial charge in [0.15, 0.2) is 9.84 Å². The predicted octanol–water partition coefficient (Wildman–Crippen LogP) is 2.77. The fourth-order valence-corrected chi connectivity index (χ4v) is 3.93. The largest absolute Gasteiger partial charge is 0.300 e. The van der Waals surface area contributed by atoms with Crippen LogP contribution in [0.5, 0.6) is 0 Å². The third-order valence-electron chi connectivity index (χ3n) is 2.98. The van der Waals surface area contributed by atoms with Crippen LogP contribution in [0, 0.1) is 12.8 Å². The Morgan fingerprint density at radius 1 is 1.17 bits per heavy atom. The van der Waals surface area contributed by atoms with Gasteiger partial charge >= 0.3 is 0 Å². The maximum atomic E-state index is 12.5. The molecule has 0 spiro atoms. The predicted molar refractivity (Wildman–Crippen MR) is 72.3 cm³/mol. The van der Waals surface area contributed by atoms with E-state index in [1.54, 1.807) is 24.3 Å². The fraction of sp³-hybridized carbons (Fsp3) is 0.500. The molecule has 0 aliphatic rings. The topological polar surface area (TPSA) is 51.2 Å². The molecule has 4 heteroatoms. The van der Waals surface area contributed by atoms with E-state index in [9.17, 15) is 13.2 Å². The minimum absolute atomic E-state index is 0.0773. The van der Waals surface area contributed by atoms with Crippen LogP contribution in [0.3, 0.4) is 0 Å². The lowest BCUT2D eigenvalue weighted by molar-refractivity contribution is -0.117. The van der Waals surface area contributed by atoms with E-state index in [1.807, 2.05) is 20.8 Å². The number of Topliss-reactive ketones (excluding diaryl/α,β-unsaturated/α-hetero) is 1. The van der Waals surface area contributed by atoms with Crippen molar-refractivity contribution in [2.75, 3.05) is 0 Å². The van der Waals surface area contributed by atoms with Crippen LogP contribution < -0.4 is 0 Å². The number of hydrogen-bond donors (Lipinski definition) is 0. The average molecular weight is 268 g/mol. The van der Waals surface area contributed by atoms with Gasteiger partial charge in [0.2, 0.25) is 0 Å². The lowest BCUT2D eigenvalue weighted by atomic mass is 10.1. The van der Waals surface area contributed by atoms with Crippen molar-refractivity contribution in [3.05, 3.63) is 29.8 Å². The number of aryl methyl sites for hydroxylation is 1. The van der Waals surface area contributed by atoms with Gasteiger partial charge in [-0.05, 0) is 31.9 Å². The van der Waals surface area contributed by atoms with Gasteiger partial charge in [-0.25, -0.2) is 8.42 Å². The monoisotopic (exact) mass is 268 g/mol. The summed E-state index contributed by atoms with van der Waals surface area (Å²) in [5.74, 6) is -0.176. The van der Waals surface area contributed by atoms with Crippen molar-refractivity contribution in [1.82, 2.24) is 0 Å². The van der Waals surface area contributed by atoms with Crippen LogP contribution in [-0.4, -0.2) is 19.5 Å². The molecule has 0 heterocycles. The minimum atomic E-state index is -3.43. The van der Waals surface area contributed by atoms with E-state index in [1.165, 1.54) is 6.92 Å². The van der Waals surface area contributed by atoms with Crippen molar-refractivity contribution in [2.45, 2.75) is 44.3 Å². The fourth-order valence-electron chi connectivity index (χ4n) is 1.89. The Labute approximate surface area is 109 Å². The second-order valence-corrected chi connectivity index (χ2v) is 7.21. The zero-order valence-electron chi connectivity index (χ0n) is 11.3. The molecule has 1 aromatic rings. The first-order valence-corrected chi connectivity index (χ1v) is 7.59. The molecule has 0 aliphatic carbocycles. The lowest BCUT2D eigenvalue weighted by Crippen LogP contribution is -2.29. The van der Waals surface area contributed by atoms with Crippen molar-refractivity contribution in [1.29, 1.82) is 0 Å². The number of carbonyl (C=O) groups is 1. The van der Waals surface area contributed by atoms with Gasteiger partial charge in [-0.15, -0.1) is 0 Å². The van der Waals surface area contributed by atoms with E-state index in [-0.39, 0.29) is 18.1 Å². The van der Waals surface area contributed by atoms with Gasteiger partial charge in [-0.3, -0.25) is 4.79 Å². The third-order valence-corrected chi connectivity index (χ3v) is 5.42. The molecule has 3 nitrogen and oxygen atoms in total. The maximum Gasteiger partial charge on any atom is 0.181 e. The standard InChI is InChI=1S/C14H20O3S/c1-10(2)14(9-12(4)15)18(16,17)13-7-5-11(3)6-8-13/h5-8,10,14H,9H2,1-4H3. The molecular weight excluding hydrogens is 248 g/mol. The molecule has 1 rings (SSSR count). The Morgan fingerprint density at radius 3 is 2.06 bits per heavy atom. The first-order valence-electron chi connectivity index (χ1n) is 6.05. The summed E-state index contributed by atoms with van der Waals surface area (Å²) >= 11 is 0. The van der Waals surface area contributed by atoms with Gasteiger partial charge in [0.1, 0.15) is 5.78 Å². The zero-order valence-corrected chi connectivity index (χ0v) is 12.1. The summed E-state index contributed by atoms with van der Waals surface area (Å²) in [6, 6.07) is 6.77. The number of hydrogen-bond acceptors (Lipinski definition) is 3. The van der Waals surface area contributed by atoms with Gasteiger partial charge in [0.05, 0.1) is 10.1 Å². The first kappa shape index (κ1) is 14.9. The van der Waals surface area contributed by atoms with E-state index in [0.717, 1.165) is 5.56 Å². The molecule has 0 N–H and O–H groups in total. The van der Waals surface area contributed by atoms with E-state index in [0.29, 0.717) is 4.90 Å². The van der Waals surface area contributed by atoms with Crippen molar-refractivity contribution < 1.29 is 13.2 Å². The molecular formula is C14H20O3S. The number of ketones is 1. The number of carbonyl (C=O) groups excluding carboxylic acids is 1. The van der Waals surface area contributed by atoms with Crippen molar-refractivity contribution in [2.24, 2.45) is 5.92 Å². The molecule has 0 amide bonds. The highest BCUT2D eigenvalue weighted by molar-refractivity contribution is 7.92. The molecule has 0 aliphatic heterocycles. The highest BCUT2D eigenvalue weighted by atomic mass is 32.2. The van der Waals surface area contributed by atoms with Gasteiger partial charge in [-0.2, -0.15) is 0 Å². The second kappa shape index (κ2) is 5.65. The van der Waals surface area contributed by atoms with Gasteiger partial charge < -0.3 is 0 Å². The van der Waals surface area contributed by atoms with Gasteiger partial charge in [0, 0.05) is 6.42 Å². The molecule has 0 bridgehead atoms. The summed E-state index contributed by atoms with van der Waals surface area (Å²) in [5.41, 5.74) is 1.02. The molecule has 0 saturated carbocycles. The second-order valence-electron chi connectivity index (χ2n) is 5.05. The lowest BCUT2D eigenvalue weighted by Gasteiger charge is -2.20. The van der Waals surface area contributed by atoms with Crippen LogP contribution in [0.4, 0.5) is 0 Å². The van der Waals surface area contributed by atoms with Crippen molar-refractivity contribution in [3.8, 4) is 0 Å². The zero-order chi connectivity index (χ0) is 13.9. The molecule has 100 valence electrons. The number of rotatable bonds is 5. The molecule has 18 heavy (non-hydrogen) atoms. The summed E-state index contributed by atoms with van der Waals surface area (Å²) in [6.07, 6.45) is 0.0773. The van der Waals surface area contributed by atoms with E-state index in [2.05, 4.69) is 0 Å². The summed E-state index contributed by atoms with van der Waals surface area (Å²) in [6.45, 7) is 7.00. The van der Waals surface area contributed by atoms with E-state index in [4.69, 9.17) is 0 Å². The van der Waals surface area contributed by atoms with E-state index < -0.39 is 15.1 Å². The summed E-state index contributed by atoms with van der Waals surface area (Å²) in [4.78, 5) is 11.5. The summed E-state index contributed by atoms with van der Waals surface area (Å²) in [7, 11) is -3.43. The minimum Gasteiger partial charge on any atom is -0.300 e. The highest BCUT2D eigenvalue weighted by Crippen LogP contribution is 2.24. The van der Waals surface area contributed by atoms with Crippen LogP contribution in [0.25, 0.3) is 0 Å². The smallest absolute Gasteiger partial charge is 0.181 e. The van der Waals surface area contributed by atoms with Crippen LogP contribution in [-0.2, 0) is 14.6 Å². The quantitative estimate of drug-likeness (QED) is 0.825. The average Bonchev–Trinajstić information content (AvgIpc) is 2.25. The number of sulfone groups is 1. The van der Waals surface area contributed by atoms with Crippen molar-refractivity contribution in [3.63, 3.8) is 0 Å². The molecule has 0 radical (unpaired) electrons. The SMILES string of the molecule is CC(=O)CC(C(C)C)S(=O)(=O)c1ccc(C)cc1. The molecule has 0 fully saturated rings. The highest BCUT2D eigenvalue weighted by Gasteiger charge is 2.31. The van der Waals surface area contributed by atoms with Gasteiger partial charge in [-0.1, -0.05) is 31.5 Å². The van der Waals surface area contributed by atoms with Crippen LogP contribution in [0.1, 0.15) is 32.8 Å². The molecule has 1 unspecified atom stereocenters. The Balaban J connectivity index is 3.16. The maximum absolute atomic E-state index is 12.5. The Kier molecular flexibility index (Phi) is 4.68. The number of benzene rings is 1. The van der Waals surface area contributed by atoms with Crippen molar-refractivity contribution >= 4 is 15.6 Å². The Morgan fingerprint density at radius 2 is 1.67 bits per heavy atom. The first-order chi connectivity index (χ1) is 8.25.